The Morgan fingerprint density at radius 3 is 2.34 bits per heavy atom. The summed E-state index contributed by atoms with van der Waals surface area (Å²) in [5.74, 6) is -0.301. The fourth-order valence-corrected chi connectivity index (χ4v) is 3.03. The Bertz CT molecular complexity index is 1080. The minimum absolute atomic E-state index is 0.0652. The molecule has 3 rings (SSSR count). The Balaban J connectivity index is 1.51. The molecule has 164 valence electrons. The second-order valence-electron chi connectivity index (χ2n) is 7.00. The number of carbonyl (C=O) groups is 3. The van der Waals surface area contributed by atoms with Gasteiger partial charge in [0.15, 0.2) is 0 Å². The lowest BCUT2D eigenvalue weighted by Crippen LogP contribution is -2.28. The molecule has 3 amide bonds. The molecule has 3 N–H and O–H groups in total. The van der Waals surface area contributed by atoms with Gasteiger partial charge in [0, 0.05) is 25.1 Å². The SMILES string of the molecule is COc1cccc(C(=O)NCCC(=O)Nc2ccccc2C(=O)NCc2ccccc2)c1. The average molecular weight is 431 g/mol. The molecule has 7 heteroatoms. The topological polar surface area (TPSA) is 96.5 Å². The molecule has 0 saturated carbocycles. The van der Waals surface area contributed by atoms with Crippen LogP contribution < -0.4 is 20.7 Å². The van der Waals surface area contributed by atoms with Crippen molar-refractivity contribution >= 4 is 23.4 Å². The lowest BCUT2D eigenvalue weighted by molar-refractivity contribution is -0.116. The lowest BCUT2D eigenvalue weighted by Gasteiger charge is -2.12. The van der Waals surface area contributed by atoms with Gasteiger partial charge in [-0.2, -0.15) is 0 Å². The van der Waals surface area contributed by atoms with Gasteiger partial charge in [-0.05, 0) is 35.9 Å². The first-order valence-electron chi connectivity index (χ1n) is 10.2. The van der Waals surface area contributed by atoms with Gasteiger partial charge in [-0.3, -0.25) is 14.4 Å². The van der Waals surface area contributed by atoms with Crippen molar-refractivity contribution in [2.45, 2.75) is 13.0 Å². The van der Waals surface area contributed by atoms with Gasteiger partial charge in [0.25, 0.3) is 11.8 Å². The quantitative estimate of drug-likeness (QED) is 0.484. The third kappa shape index (κ3) is 6.43. The Labute approximate surface area is 186 Å². The van der Waals surface area contributed by atoms with Crippen LogP contribution in [-0.2, 0) is 11.3 Å². The summed E-state index contributed by atoms with van der Waals surface area (Å²) in [6.07, 6.45) is 0.0652. The summed E-state index contributed by atoms with van der Waals surface area (Å²) < 4.78 is 5.11. The molecule has 0 saturated heterocycles. The standard InChI is InChI=1S/C25H25N3O4/c1-32-20-11-7-10-19(16-20)24(30)26-15-14-23(29)28-22-13-6-5-12-21(22)25(31)27-17-18-8-3-2-4-9-18/h2-13,16H,14-15,17H2,1H3,(H,26,30)(H,27,31)(H,28,29). The lowest BCUT2D eigenvalue weighted by atomic mass is 10.1. The van der Waals surface area contributed by atoms with Gasteiger partial charge in [-0.15, -0.1) is 0 Å². The first-order chi connectivity index (χ1) is 15.6. The highest BCUT2D eigenvalue weighted by Gasteiger charge is 2.13. The van der Waals surface area contributed by atoms with Crippen LogP contribution >= 0.6 is 0 Å². The van der Waals surface area contributed by atoms with E-state index in [0.717, 1.165) is 5.56 Å². The molecule has 0 radical (unpaired) electrons. The van der Waals surface area contributed by atoms with Crippen molar-refractivity contribution in [3.8, 4) is 5.75 Å². The maximum atomic E-state index is 12.6. The van der Waals surface area contributed by atoms with Crippen LogP contribution in [0.1, 0.15) is 32.7 Å². The largest absolute Gasteiger partial charge is 0.497 e. The molecular formula is C25H25N3O4. The Kier molecular flexibility index (Phi) is 7.97. The van der Waals surface area contributed by atoms with Crippen molar-refractivity contribution in [1.29, 1.82) is 0 Å². The van der Waals surface area contributed by atoms with Crippen molar-refractivity contribution < 1.29 is 19.1 Å². The fourth-order valence-electron chi connectivity index (χ4n) is 3.03. The van der Waals surface area contributed by atoms with Crippen LogP contribution in [-0.4, -0.2) is 31.4 Å². The molecule has 0 spiro atoms. The fraction of sp³-hybridized carbons (Fsp3) is 0.160. The number of hydrogen-bond acceptors (Lipinski definition) is 4. The van der Waals surface area contributed by atoms with E-state index in [0.29, 0.717) is 29.1 Å². The van der Waals surface area contributed by atoms with Crippen molar-refractivity contribution in [2.75, 3.05) is 19.0 Å². The summed E-state index contributed by atoms with van der Waals surface area (Å²) >= 11 is 0. The zero-order valence-corrected chi connectivity index (χ0v) is 17.8. The highest BCUT2D eigenvalue weighted by Crippen LogP contribution is 2.16. The van der Waals surface area contributed by atoms with E-state index in [1.165, 1.54) is 7.11 Å². The zero-order chi connectivity index (χ0) is 22.8. The second-order valence-corrected chi connectivity index (χ2v) is 7.00. The van der Waals surface area contributed by atoms with Gasteiger partial charge in [0.2, 0.25) is 5.91 Å². The molecule has 0 aliphatic carbocycles. The van der Waals surface area contributed by atoms with Gasteiger partial charge in [0.05, 0.1) is 18.4 Å². The van der Waals surface area contributed by atoms with E-state index in [1.807, 2.05) is 30.3 Å². The number of carbonyl (C=O) groups excluding carboxylic acids is 3. The first-order valence-corrected chi connectivity index (χ1v) is 10.2. The number of anilines is 1. The van der Waals surface area contributed by atoms with Crippen LogP contribution in [0.4, 0.5) is 5.69 Å². The third-order valence-electron chi connectivity index (χ3n) is 4.71. The van der Waals surface area contributed by atoms with E-state index in [9.17, 15) is 14.4 Å². The molecule has 3 aromatic rings. The summed E-state index contributed by atoms with van der Waals surface area (Å²) in [6, 6.07) is 23.1. The Morgan fingerprint density at radius 1 is 0.812 bits per heavy atom. The van der Waals surface area contributed by atoms with Gasteiger partial charge >= 0.3 is 0 Å². The van der Waals surface area contributed by atoms with Crippen LogP contribution in [0.2, 0.25) is 0 Å². The molecule has 0 atom stereocenters. The smallest absolute Gasteiger partial charge is 0.253 e. The Morgan fingerprint density at radius 2 is 1.56 bits per heavy atom. The summed E-state index contributed by atoms with van der Waals surface area (Å²) in [6.45, 7) is 0.544. The van der Waals surface area contributed by atoms with E-state index < -0.39 is 0 Å². The third-order valence-corrected chi connectivity index (χ3v) is 4.71. The van der Waals surface area contributed by atoms with Crippen molar-refractivity contribution in [1.82, 2.24) is 10.6 Å². The van der Waals surface area contributed by atoms with E-state index in [4.69, 9.17) is 4.74 Å². The number of para-hydroxylation sites is 1. The predicted molar refractivity (Wildman–Crippen MR) is 123 cm³/mol. The Hall–Kier alpha value is -4.13. The summed E-state index contributed by atoms with van der Waals surface area (Å²) in [5.41, 5.74) is 2.22. The summed E-state index contributed by atoms with van der Waals surface area (Å²) in [4.78, 5) is 37.2. The van der Waals surface area contributed by atoms with Gasteiger partial charge in [-0.25, -0.2) is 0 Å². The molecule has 0 fully saturated rings. The summed E-state index contributed by atoms with van der Waals surface area (Å²) in [5, 5.41) is 8.32. The molecule has 0 heterocycles. The minimum Gasteiger partial charge on any atom is -0.497 e. The number of hydrogen-bond donors (Lipinski definition) is 3. The molecular weight excluding hydrogens is 406 g/mol. The number of nitrogens with one attached hydrogen (secondary N) is 3. The van der Waals surface area contributed by atoms with Gasteiger partial charge in [0.1, 0.15) is 5.75 Å². The van der Waals surface area contributed by atoms with Crippen LogP contribution in [0.3, 0.4) is 0 Å². The molecule has 3 aromatic carbocycles. The van der Waals surface area contributed by atoms with Crippen molar-refractivity contribution in [3.05, 3.63) is 95.6 Å². The van der Waals surface area contributed by atoms with Crippen molar-refractivity contribution in [2.24, 2.45) is 0 Å². The van der Waals surface area contributed by atoms with E-state index in [-0.39, 0.29) is 30.7 Å². The highest BCUT2D eigenvalue weighted by atomic mass is 16.5. The molecule has 0 aromatic heterocycles. The monoisotopic (exact) mass is 431 g/mol. The zero-order valence-electron chi connectivity index (χ0n) is 17.8. The predicted octanol–water partition coefficient (Wildman–Crippen LogP) is 3.38. The number of amides is 3. The average Bonchev–Trinajstić information content (AvgIpc) is 2.83. The molecule has 0 unspecified atom stereocenters. The number of ether oxygens (including phenoxy) is 1. The van der Waals surface area contributed by atoms with Gasteiger partial charge in [-0.1, -0.05) is 48.5 Å². The number of rotatable bonds is 9. The van der Waals surface area contributed by atoms with Crippen molar-refractivity contribution in [3.63, 3.8) is 0 Å². The van der Waals surface area contributed by atoms with Crippen LogP contribution in [0.15, 0.2) is 78.9 Å². The van der Waals surface area contributed by atoms with Crippen LogP contribution in [0.5, 0.6) is 5.75 Å². The summed E-state index contributed by atoms with van der Waals surface area (Å²) in [7, 11) is 1.53. The normalized spacial score (nSPS) is 10.2. The van der Waals surface area contributed by atoms with E-state index >= 15 is 0 Å². The molecule has 0 aliphatic heterocycles. The molecule has 0 bridgehead atoms. The maximum Gasteiger partial charge on any atom is 0.253 e. The van der Waals surface area contributed by atoms with Gasteiger partial charge < -0.3 is 20.7 Å². The van der Waals surface area contributed by atoms with Crippen LogP contribution in [0, 0.1) is 0 Å². The number of methoxy groups -OCH3 is 1. The first kappa shape index (κ1) is 22.6. The maximum absolute atomic E-state index is 12.6. The minimum atomic E-state index is -0.306. The molecule has 32 heavy (non-hydrogen) atoms. The van der Waals surface area contributed by atoms with E-state index in [1.54, 1.807) is 48.5 Å². The van der Waals surface area contributed by atoms with E-state index in [2.05, 4.69) is 16.0 Å². The van der Waals surface area contributed by atoms with Crippen LogP contribution in [0.25, 0.3) is 0 Å². The number of benzene rings is 3. The highest BCUT2D eigenvalue weighted by molar-refractivity contribution is 6.03. The molecule has 0 aliphatic rings. The second kappa shape index (κ2) is 11.3. The molecule has 7 nitrogen and oxygen atoms in total.